The average molecular weight is 482 g/mol. The summed E-state index contributed by atoms with van der Waals surface area (Å²) in [6, 6.07) is 9.87. The van der Waals surface area contributed by atoms with Crippen molar-refractivity contribution in [2.45, 2.75) is 19.4 Å². The Labute approximate surface area is 147 Å². The third-order valence-electron chi connectivity index (χ3n) is 2.89. The lowest BCUT2D eigenvalue weighted by Gasteiger charge is -2.17. The van der Waals surface area contributed by atoms with Gasteiger partial charge in [-0.3, -0.25) is 4.79 Å². The SMILES string of the molecule is CCC(NC(=O)c1cc(Br)sc1Br)c1ccc(Br)cc1. The maximum absolute atomic E-state index is 12.3. The topological polar surface area (TPSA) is 29.1 Å². The zero-order chi connectivity index (χ0) is 14.7. The second-order valence-corrected chi connectivity index (χ2v) is 8.89. The minimum atomic E-state index is -0.0615. The van der Waals surface area contributed by atoms with E-state index in [0.717, 1.165) is 24.0 Å². The molecule has 6 heteroatoms. The highest BCUT2D eigenvalue weighted by Crippen LogP contribution is 2.32. The molecular weight excluding hydrogens is 470 g/mol. The fourth-order valence-electron chi connectivity index (χ4n) is 1.85. The molecule has 2 aromatic rings. The molecule has 2 rings (SSSR count). The van der Waals surface area contributed by atoms with Crippen LogP contribution in [-0.4, -0.2) is 5.91 Å². The lowest BCUT2D eigenvalue weighted by Crippen LogP contribution is -2.28. The van der Waals surface area contributed by atoms with Crippen LogP contribution >= 0.6 is 59.1 Å². The summed E-state index contributed by atoms with van der Waals surface area (Å²) >= 11 is 11.7. The Balaban J connectivity index is 2.16. The van der Waals surface area contributed by atoms with Crippen molar-refractivity contribution in [2.24, 2.45) is 0 Å². The minimum Gasteiger partial charge on any atom is -0.345 e. The summed E-state index contributed by atoms with van der Waals surface area (Å²) in [5.74, 6) is -0.0615. The molecule has 0 saturated carbocycles. The third-order valence-corrected chi connectivity index (χ3v) is 5.76. The normalized spacial score (nSPS) is 12.2. The number of carbonyl (C=O) groups excluding carboxylic acids is 1. The van der Waals surface area contributed by atoms with E-state index in [4.69, 9.17) is 0 Å². The maximum Gasteiger partial charge on any atom is 0.253 e. The highest BCUT2D eigenvalue weighted by atomic mass is 79.9. The van der Waals surface area contributed by atoms with E-state index >= 15 is 0 Å². The molecule has 1 aromatic heterocycles. The van der Waals surface area contributed by atoms with Crippen molar-refractivity contribution in [1.82, 2.24) is 5.32 Å². The van der Waals surface area contributed by atoms with Crippen molar-refractivity contribution in [3.05, 3.63) is 53.5 Å². The Morgan fingerprint density at radius 1 is 1.25 bits per heavy atom. The molecule has 0 radical (unpaired) electrons. The molecule has 0 aliphatic rings. The van der Waals surface area contributed by atoms with Crippen molar-refractivity contribution in [1.29, 1.82) is 0 Å². The van der Waals surface area contributed by atoms with Crippen molar-refractivity contribution < 1.29 is 4.79 Å². The molecular formula is C14H12Br3NOS. The van der Waals surface area contributed by atoms with Crippen molar-refractivity contribution in [3.8, 4) is 0 Å². The molecule has 1 atom stereocenters. The van der Waals surface area contributed by atoms with E-state index in [1.54, 1.807) is 0 Å². The molecule has 0 fully saturated rings. The molecule has 0 saturated heterocycles. The molecule has 0 bridgehead atoms. The molecule has 1 amide bonds. The number of nitrogens with one attached hydrogen (secondary N) is 1. The summed E-state index contributed by atoms with van der Waals surface area (Å²) in [6.07, 6.45) is 0.844. The van der Waals surface area contributed by atoms with Gasteiger partial charge < -0.3 is 5.32 Å². The van der Waals surface area contributed by atoms with E-state index in [1.165, 1.54) is 11.3 Å². The molecule has 0 aliphatic carbocycles. The van der Waals surface area contributed by atoms with Gasteiger partial charge in [-0.2, -0.15) is 0 Å². The van der Waals surface area contributed by atoms with Gasteiger partial charge in [0.05, 0.1) is 19.2 Å². The molecule has 1 unspecified atom stereocenters. The van der Waals surface area contributed by atoms with Crippen molar-refractivity contribution in [3.63, 3.8) is 0 Å². The Hall–Kier alpha value is -0.170. The van der Waals surface area contributed by atoms with Gasteiger partial charge in [-0.1, -0.05) is 35.0 Å². The maximum atomic E-state index is 12.3. The van der Waals surface area contributed by atoms with Gasteiger partial charge >= 0.3 is 0 Å². The lowest BCUT2D eigenvalue weighted by molar-refractivity contribution is 0.0935. The van der Waals surface area contributed by atoms with Crippen LogP contribution < -0.4 is 5.32 Å². The molecule has 0 aliphatic heterocycles. The van der Waals surface area contributed by atoms with Crippen LogP contribution in [0.1, 0.15) is 35.3 Å². The summed E-state index contributed by atoms with van der Waals surface area (Å²) in [7, 11) is 0. The quantitative estimate of drug-likeness (QED) is 0.577. The first-order chi connectivity index (χ1) is 9.51. The minimum absolute atomic E-state index is 0.0150. The van der Waals surface area contributed by atoms with Crippen LogP contribution in [0.2, 0.25) is 0 Å². The van der Waals surface area contributed by atoms with E-state index in [0.29, 0.717) is 5.56 Å². The van der Waals surface area contributed by atoms with Crippen molar-refractivity contribution >= 4 is 65.0 Å². The number of carbonyl (C=O) groups is 1. The van der Waals surface area contributed by atoms with Crippen LogP contribution in [0.3, 0.4) is 0 Å². The smallest absolute Gasteiger partial charge is 0.253 e. The number of thiophene rings is 1. The molecule has 1 aromatic carbocycles. The van der Waals surface area contributed by atoms with Crippen LogP contribution in [0, 0.1) is 0 Å². The van der Waals surface area contributed by atoms with Crippen LogP contribution in [0.4, 0.5) is 0 Å². The largest absolute Gasteiger partial charge is 0.345 e. The second-order valence-electron chi connectivity index (χ2n) is 4.22. The fraction of sp³-hybridized carbons (Fsp3) is 0.214. The summed E-state index contributed by atoms with van der Waals surface area (Å²) in [5, 5.41) is 3.07. The number of benzene rings is 1. The van der Waals surface area contributed by atoms with Crippen LogP contribution in [0.5, 0.6) is 0 Å². The molecule has 20 heavy (non-hydrogen) atoms. The highest BCUT2D eigenvalue weighted by molar-refractivity contribution is 9.12. The van der Waals surface area contributed by atoms with E-state index < -0.39 is 0 Å². The number of hydrogen-bond donors (Lipinski definition) is 1. The van der Waals surface area contributed by atoms with Gasteiger partial charge in [-0.05, 0) is 62.0 Å². The van der Waals surface area contributed by atoms with Crippen LogP contribution in [0.15, 0.2) is 42.4 Å². The Bertz CT molecular complexity index is 609. The monoisotopic (exact) mass is 479 g/mol. The highest BCUT2D eigenvalue weighted by Gasteiger charge is 2.18. The van der Waals surface area contributed by atoms with E-state index in [2.05, 4.69) is 60.0 Å². The first-order valence-electron chi connectivity index (χ1n) is 6.02. The van der Waals surface area contributed by atoms with Crippen molar-refractivity contribution in [2.75, 3.05) is 0 Å². The lowest BCUT2D eigenvalue weighted by atomic mass is 10.0. The Morgan fingerprint density at radius 2 is 1.90 bits per heavy atom. The van der Waals surface area contributed by atoms with E-state index in [-0.39, 0.29) is 11.9 Å². The van der Waals surface area contributed by atoms with Gasteiger partial charge in [0.2, 0.25) is 0 Å². The zero-order valence-electron chi connectivity index (χ0n) is 10.6. The average Bonchev–Trinajstić information content (AvgIpc) is 2.76. The van der Waals surface area contributed by atoms with E-state index in [9.17, 15) is 4.79 Å². The van der Waals surface area contributed by atoms with Crippen LogP contribution in [-0.2, 0) is 0 Å². The molecule has 2 nitrogen and oxygen atoms in total. The number of hydrogen-bond acceptors (Lipinski definition) is 2. The first-order valence-corrected chi connectivity index (χ1v) is 9.22. The van der Waals surface area contributed by atoms with E-state index in [1.807, 2.05) is 30.3 Å². The van der Waals surface area contributed by atoms with Gasteiger partial charge in [-0.25, -0.2) is 0 Å². The summed E-state index contributed by atoms with van der Waals surface area (Å²) in [6.45, 7) is 2.06. The van der Waals surface area contributed by atoms with Gasteiger partial charge in [-0.15, -0.1) is 11.3 Å². The van der Waals surface area contributed by atoms with Gasteiger partial charge in [0.1, 0.15) is 0 Å². The summed E-state index contributed by atoms with van der Waals surface area (Å²) < 4.78 is 2.81. The third kappa shape index (κ3) is 3.93. The summed E-state index contributed by atoms with van der Waals surface area (Å²) in [5.41, 5.74) is 1.77. The number of amides is 1. The molecule has 0 spiro atoms. The van der Waals surface area contributed by atoms with Gasteiger partial charge in [0, 0.05) is 4.47 Å². The Kier molecular flexibility index (Phi) is 5.84. The predicted octanol–water partition coefficient (Wildman–Crippen LogP) is 5.92. The predicted molar refractivity (Wildman–Crippen MR) is 94.4 cm³/mol. The fourth-order valence-corrected chi connectivity index (χ4v) is 4.91. The van der Waals surface area contributed by atoms with Crippen LogP contribution in [0.25, 0.3) is 0 Å². The number of halogens is 3. The standard InChI is InChI=1S/C14H12Br3NOS/c1-2-11(8-3-5-9(15)6-4-8)18-14(19)10-7-12(16)20-13(10)17/h3-7,11H,2H2,1H3,(H,18,19). The molecule has 106 valence electrons. The molecule has 1 heterocycles. The summed E-state index contributed by atoms with van der Waals surface area (Å²) in [4.78, 5) is 12.3. The second kappa shape index (κ2) is 7.20. The Morgan fingerprint density at radius 3 is 2.40 bits per heavy atom. The zero-order valence-corrected chi connectivity index (χ0v) is 16.2. The molecule has 1 N–H and O–H groups in total. The first kappa shape index (κ1) is 16.2. The van der Waals surface area contributed by atoms with Gasteiger partial charge in [0.25, 0.3) is 5.91 Å². The van der Waals surface area contributed by atoms with Gasteiger partial charge in [0.15, 0.2) is 0 Å². The number of rotatable bonds is 4.